The maximum absolute atomic E-state index is 13.5. The summed E-state index contributed by atoms with van der Waals surface area (Å²) >= 11 is 12.3. The molecule has 0 spiro atoms. The summed E-state index contributed by atoms with van der Waals surface area (Å²) < 4.78 is 26.1. The molecular formula is C24H31Cl2N3O4S. The summed E-state index contributed by atoms with van der Waals surface area (Å²) in [6, 6.07) is 11.3. The molecule has 2 aromatic carbocycles. The van der Waals surface area contributed by atoms with Crippen LogP contribution in [0, 0.1) is 12.8 Å². The van der Waals surface area contributed by atoms with Crippen LogP contribution in [0.4, 0.5) is 5.69 Å². The highest BCUT2D eigenvalue weighted by Gasteiger charge is 2.31. The average molecular weight is 529 g/mol. The zero-order valence-electron chi connectivity index (χ0n) is 20.0. The van der Waals surface area contributed by atoms with Gasteiger partial charge in [-0.1, -0.05) is 72.9 Å². The van der Waals surface area contributed by atoms with E-state index in [0.29, 0.717) is 6.54 Å². The summed E-state index contributed by atoms with van der Waals surface area (Å²) in [5, 5.41) is 3.03. The third kappa shape index (κ3) is 7.61. The van der Waals surface area contributed by atoms with Crippen molar-refractivity contribution in [3.05, 3.63) is 63.6 Å². The second-order valence-corrected chi connectivity index (χ2v) is 11.4. The highest BCUT2D eigenvalue weighted by Crippen LogP contribution is 2.33. The van der Waals surface area contributed by atoms with Crippen LogP contribution in [-0.2, 0) is 26.2 Å². The molecule has 0 heterocycles. The van der Waals surface area contributed by atoms with E-state index in [9.17, 15) is 18.0 Å². The monoisotopic (exact) mass is 527 g/mol. The predicted molar refractivity (Wildman–Crippen MR) is 138 cm³/mol. The van der Waals surface area contributed by atoms with Gasteiger partial charge in [-0.05, 0) is 37.5 Å². The molecule has 2 rings (SSSR count). The number of hydrogen-bond acceptors (Lipinski definition) is 4. The smallest absolute Gasteiger partial charge is 0.244 e. The Morgan fingerprint density at radius 2 is 1.65 bits per heavy atom. The molecule has 0 aliphatic carbocycles. The lowest BCUT2D eigenvalue weighted by Crippen LogP contribution is -2.51. The van der Waals surface area contributed by atoms with Gasteiger partial charge >= 0.3 is 0 Å². The van der Waals surface area contributed by atoms with Crippen LogP contribution in [0.5, 0.6) is 0 Å². The van der Waals surface area contributed by atoms with Gasteiger partial charge in [0.05, 0.1) is 22.0 Å². The molecule has 0 fully saturated rings. The molecule has 1 atom stereocenters. The lowest BCUT2D eigenvalue weighted by molar-refractivity contribution is -0.139. The van der Waals surface area contributed by atoms with Crippen LogP contribution in [0.15, 0.2) is 42.5 Å². The molecule has 0 saturated carbocycles. The Balaban J connectivity index is 2.40. The summed E-state index contributed by atoms with van der Waals surface area (Å²) in [5.41, 5.74) is 1.97. The highest BCUT2D eigenvalue weighted by molar-refractivity contribution is 7.92. The molecule has 1 N–H and O–H groups in total. The van der Waals surface area contributed by atoms with Crippen molar-refractivity contribution in [1.29, 1.82) is 0 Å². The van der Waals surface area contributed by atoms with E-state index in [1.54, 1.807) is 13.0 Å². The van der Waals surface area contributed by atoms with Crippen LogP contribution in [0.2, 0.25) is 10.0 Å². The van der Waals surface area contributed by atoms with Gasteiger partial charge in [0, 0.05) is 13.1 Å². The molecular weight excluding hydrogens is 497 g/mol. The Kier molecular flexibility index (Phi) is 9.79. The first kappa shape index (κ1) is 28.0. The maximum atomic E-state index is 13.5. The second kappa shape index (κ2) is 11.9. The Morgan fingerprint density at radius 1 is 1.03 bits per heavy atom. The lowest BCUT2D eigenvalue weighted by Gasteiger charge is -2.32. The minimum absolute atomic E-state index is 0.0233. The molecule has 0 unspecified atom stereocenters. The number of hydrogen-bond donors (Lipinski definition) is 1. The van der Waals surface area contributed by atoms with Crippen LogP contribution < -0.4 is 9.62 Å². The number of nitrogens with zero attached hydrogens (tertiary/aromatic N) is 2. The van der Waals surface area contributed by atoms with Crippen LogP contribution in [-0.4, -0.2) is 50.5 Å². The van der Waals surface area contributed by atoms with Crippen molar-refractivity contribution in [3.8, 4) is 0 Å². The number of amides is 2. The number of rotatable bonds is 10. The molecule has 0 aliphatic rings. The number of nitrogens with one attached hydrogen (secondary N) is 1. The molecule has 2 aromatic rings. The number of halogens is 2. The molecule has 0 bridgehead atoms. The molecule has 2 amide bonds. The highest BCUT2D eigenvalue weighted by atomic mass is 35.5. The van der Waals surface area contributed by atoms with Crippen molar-refractivity contribution < 1.29 is 18.0 Å². The molecule has 7 nitrogen and oxygen atoms in total. The minimum atomic E-state index is -3.89. The molecule has 0 saturated heterocycles. The van der Waals surface area contributed by atoms with Gasteiger partial charge in [-0.25, -0.2) is 8.42 Å². The van der Waals surface area contributed by atoms with Crippen LogP contribution in [0.3, 0.4) is 0 Å². The topological polar surface area (TPSA) is 86.8 Å². The Labute approximate surface area is 212 Å². The van der Waals surface area contributed by atoms with Crippen LogP contribution in [0.25, 0.3) is 0 Å². The molecule has 0 aliphatic heterocycles. The SMILES string of the molecule is Cc1ccc(CN(C(=O)CN(c2cccc(Cl)c2Cl)S(C)(=O)=O)[C@@H](C)C(=O)NCC(C)C)cc1. The number of anilines is 1. The third-order valence-corrected chi connectivity index (χ3v) is 7.14. The summed E-state index contributed by atoms with van der Waals surface area (Å²) in [7, 11) is -3.89. The summed E-state index contributed by atoms with van der Waals surface area (Å²) in [6.07, 6.45) is 0.987. The fourth-order valence-electron chi connectivity index (χ4n) is 3.21. The largest absolute Gasteiger partial charge is 0.354 e. The van der Waals surface area contributed by atoms with Crippen LogP contribution >= 0.6 is 23.2 Å². The van der Waals surface area contributed by atoms with Crippen molar-refractivity contribution in [1.82, 2.24) is 10.2 Å². The Bertz CT molecular complexity index is 1120. The van der Waals surface area contributed by atoms with E-state index in [-0.39, 0.29) is 34.1 Å². The second-order valence-electron chi connectivity index (χ2n) is 8.66. The summed E-state index contributed by atoms with van der Waals surface area (Å²) in [6.45, 7) is 7.58. The quantitative estimate of drug-likeness (QED) is 0.500. The fraction of sp³-hybridized carbons (Fsp3) is 0.417. The van der Waals surface area contributed by atoms with Gasteiger partial charge in [0.2, 0.25) is 21.8 Å². The van der Waals surface area contributed by atoms with E-state index in [2.05, 4.69) is 5.32 Å². The van der Waals surface area contributed by atoms with Gasteiger partial charge in [0.15, 0.2) is 0 Å². The zero-order chi connectivity index (χ0) is 25.6. The first-order chi connectivity index (χ1) is 15.8. The predicted octanol–water partition coefficient (Wildman–Crippen LogP) is 4.26. The molecule has 10 heteroatoms. The van der Waals surface area contributed by atoms with E-state index in [4.69, 9.17) is 23.2 Å². The number of carbonyl (C=O) groups is 2. The Morgan fingerprint density at radius 3 is 2.21 bits per heavy atom. The molecule has 0 aromatic heterocycles. The van der Waals surface area contributed by atoms with E-state index in [0.717, 1.165) is 21.7 Å². The normalized spacial score (nSPS) is 12.4. The summed E-state index contributed by atoms with van der Waals surface area (Å²) in [4.78, 5) is 27.7. The average Bonchev–Trinajstić information content (AvgIpc) is 2.76. The van der Waals surface area contributed by atoms with Crippen molar-refractivity contribution in [3.63, 3.8) is 0 Å². The summed E-state index contributed by atoms with van der Waals surface area (Å²) in [5.74, 6) is -0.627. The van der Waals surface area contributed by atoms with Crippen molar-refractivity contribution in [2.75, 3.05) is 23.7 Å². The third-order valence-electron chi connectivity index (χ3n) is 5.20. The van der Waals surface area contributed by atoms with Gasteiger partial charge in [-0.3, -0.25) is 13.9 Å². The zero-order valence-corrected chi connectivity index (χ0v) is 22.3. The van der Waals surface area contributed by atoms with Crippen LogP contribution in [0.1, 0.15) is 31.9 Å². The van der Waals surface area contributed by atoms with Gasteiger partial charge in [0.1, 0.15) is 12.6 Å². The molecule has 186 valence electrons. The fourth-order valence-corrected chi connectivity index (χ4v) is 4.51. The molecule has 34 heavy (non-hydrogen) atoms. The number of sulfonamides is 1. The van der Waals surface area contributed by atoms with E-state index in [1.165, 1.54) is 17.0 Å². The van der Waals surface area contributed by atoms with Gasteiger partial charge in [0.25, 0.3) is 0 Å². The first-order valence-corrected chi connectivity index (χ1v) is 13.5. The standard InChI is InChI=1S/C24H31Cl2N3O4S/c1-16(2)13-27-24(31)18(4)28(14-19-11-9-17(3)10-12-19)22(30)15-29(34(5,32)33)21-8-6-7-20(25)23(21)26/h6-12,16,18H,13-15H2,1-5H3,(H,27,31)/t18-/m0/s1. The number of aryl methyl sites for hydroxylation is 1. The number of benzene rings is 2. The molecule has 0 radical (unpaired) electrons. The van der Waals surface area contributed by atoms with Gasteiger partial charge in [-0.2, -0.15) is 0 Å². The maximum Gasteiger partial charge on any atom is 0.244 e. The van der Waals surface area contributed by atoms with Crippen molar-refractivity contribution >= 4 is 50.7 Å². The Hall–Kier alpha value is -2.29. The van der Waals surface area contributed by atoms with Gasteiger partial charge in [-0.15, -0.1) is 0 Å². The van der Waals surface area contributed by atoms with E-state index < -0.39 is 28.5 Å². The van der Waals surface area contributed by atoms with Crippen molar-refractivity contribution in [2.45, 2.75) is 40.3 Å². The van der Waals surface area contributed by atoms with E-state index >= 15 is 0 Å². The minimum Gasteiger partial charge on any atom is -0.354 e. The number of carbonyl (C=O) groups excluding carboxylic acids is 2. The first-order valence-electron chi connectivity index (χ1n) is 10.9. The van der Waals surface area contributed by atoms with Crippen molar-refractivity contribution in [2.24, 2.45) is 5.92 Å². The lowest BCUT2D eigenvalue weighted by atomic mass is 10.1. The van der Waals surface area contributed by atoms with Gasteiger partial charge < -0.3 is 10.2 Å². The van der Waals surface area contributed by atoms with E-state index in [1.807, 2.05) is 45.0 Å².